The van der Waals surface area contributed by atoms with Crippen molar-refractivity contribution < 1.29 is 0 Å². The second-order valence-corrected chi connectivity index (χ2v) is 3.36. The highest BCUT2D eigenvalue weighted by Gasteiger charge is 2.10. The Morgan fingerprint density at radius 3 is 1.78 bits per heavy atom. The van der Waals surface area contributed by atoms with Crippen LogP contribution in [0.25, 0.3) is 0 Å². The lowest BCUT2D eigenvalue weighted by Crippen LogP contribution is -2.06. The average Bonchev–Trinajstić information content (AvgIpc) is 1.67. The summed E-state index contributed by atoms with van der Waals surface area (Å²) in [5.74, 6) is 0. The van der Waals surface area contributed by atoms with Gasteiger partial charge in [-0.1, -0.05) is 13.3 Å². The van der Waals surface area contributed by atoms with Crippen LogP contribution in [0.2, 0.25) is 0 Å². The van der Waals surface area contributed by atoms with Gasteiger partial charge in [0.1, 0.15) is 4.84 Å². The van der Waals surface area contributed by atoms with Gasteiger partial charge < -0.3 is 0 Å². The number of hydrogen-bond acceptors (Lipinski definition) is 0. The van der Waals surface area contributed by atoms with Crippen molar-refractivity contribution in [3.05, 3.63) is 0 Å². The molecule has 0 aliphatic rings. The Kier molecular flexibility index (Phi) is 10.3. The van der Waals surface area contributed by atoms with Gasteiger partial charge in [0.15, 0.2) is 0 Å². The van der Waals surface area contributed by atoms with Gasteiger partial charge in [-0.2, -0.15) is 0 Å². The Balaban J connectivity index is 0. The fraction of sp³-hybridized carbons (Fsp3) is 1.00. The number of alkyl halides is 3. The summed E-state index contributed by atoms with van der Waals surface area (Å²) in [4.78, 5) is -0.420. The first kappa shape index (κ1) is 12.8. The van der Waals surface area contributed by atoms with E-state index in [0.717, 1.165) is 12.8 Å². The minimum absolute atomic E-state index is 0. The maximum absolute atomic E-state index is 5.65. The van der Waals surface area contributed by atoms with Gasteiger partial charge in [0.2, 0.25) is 0 Å². The van der Waals surface area contributed by atoms with E-state index in [1.165, 1.54) is 0 Å². The van der Waals surface area contributed by atoms with Gasteiger partial charge in [0, 0.05) is 0 Å². The average molecular weight is 212 g/mol. The van der Waals surface area contributed by atoms with E-state index in [1.54, 1.807) is 0 Å². The van der Waals surface area contributed by atoms with Crippen molar-refractivity contribution >= 4 is 47.2 Å². The molecule has 0 saturated heterocycles. The fourth-order valence-corrected chi connectivity index (χ4v) is 0.872. The molecule has 0 heterocycles. The molecule has 0 bridgehead atoms. The second kappa shape index (κ2) is 7.27. The monoisotopic (exact) mass is 210 g/mol. The molecule has 4 heteroatoms. The molecule has 0 amide bonds. The highest BCUT2D eigenvalue weighted by molar-refractivity contribution is 6.48. The standard InChI is InChI=1S/C5H9Cl3.ClH/c1-2-3-4(6)5(7)8;/h4-5H,2-3H2,1H3;1H. The molecule has 0 fully saturated rings. The molecular weight excluding hydrogens is 202 g/mol. The van der Waals surface area contributed by atoms with Crippen molar-refractivity contribution in [2.75, 3.05) is 0 Å². The second-order valence-electron chi connectivity index (χ2n) is 1.64. The quantitative estimate of drug-likeness (QED) is 0.626. The molecule has 0 nitrogen and oxygen atoms in total. The summed E-state index contributed by atoms with van der Waals surface area (Å²) in [7, 11) is 0. The van der Waals surface area contributed by atoms with Crippen LogP contribution in [0.1, 0.15) is 19.8 Å². The smallest absolute Gasteiger partial charge is 0.124 e. The summed E-state index contributed by atoms with van der Waals surface area (Å²) in [5, 5.41) is -0.0802. The third-order valence-corrected chi connectivity index (χ3v) is 2.17. The topological polar surface area (TPSA) is 0 Å². The summed E-state index contributed by atoms with van der Waals surface area (Å²) >= 11 is 16.5. The van der Waals surface area contributed by atoms with Crippen molar-refractivity contribution in [2.45, 2.75) is 30.0 Å². The first-order valence-electron chi connectivity index (χ1n) is 2.60. The van der Waals surface area contributed by atoms with Crippen LogP contribution < -0.4 is 0 Å². The molecule has 0 aromatic rings. The number of rotatable bonds is 3. The van der Waals surface area contributed by atoms with Crippen molar-refractivity contribution in [3.63, 3.8) is 0 Å². The normalized spacial score (nSPS) is 13.0. The van der Waals surface area contributed by atoms with E-state index in [4.69, 9.17) is 34.8 Å². The van der Waals surface area contributed by atoms with E-state index in [9.17, 15) is 0 Å². The van der Waals surface area contributed by atoms with Crippen LogP contribution in [0.5, 0.6) is 0 Å². The van der Waals surface area contributed by atoms with Crippen molar-refractivity contribution in [1.29, 1.82) is 0 Å². The van der Waals surface area contributed by atoms with Gasteiger partial charge >= 0.3 is 0 Å². The number of hydrogen-bond donors (Lipinski definition) is 0. The summed E-state index contributed by atoms with van der Waals surface area (Å²) in [5.41, 5.74) is 0. The van der Waals surface area contributed by atoms with Crippen LogP contribution in [0.4, 0.5) is 0 Å². The Hall–Kier alpha value is 1.16. The third kappa shape index (κ3) is 7.05. The summed E-state index contributed by atoms with van der Waals surface area (Å²) in [6.07, 6.45) is 1.92. The van der Waals surface area contributed by atoms with Crippen LogP contribution >= 0.6 is 47.2 Å². The van der Waals surface area contributed by atoms with E-state index >= 15 is 0 Å². The molecule has 0 rings (SSSR count). The van der Waals surface area contributed by atoms with Gasteiger partial charge in [0.25, 0.3) is 0 Å². The Labute approximate surface area is 77.3 Å². The van der Waals surface area contributed by atoms with Gasteiger partial charge in [0.05, 0.1) is 5.38 Å². The van der Waals surface area contributed by atoms with Crippen molar-refractivity contribution in [3.8, 4) is 0 Å². The molecule has 0 aromatic heterocycles. The van der Waals surface area contributed by atoms with Gasteiger partial charge in [-0.05, 0) is 6.42 Å². The molecule has 0 saturated carbocycles. The Bertz CT molecular complexity index is 54.9. The molecule has 9 heavy (non-hydrogen) atoms. The first-order chi connectivity index (χ1) is 3.68. The predicted molar refractivity (Wildman–Crippen MR) is 47.3 cm³/mol. The van der Waals surface area contributed by atoms with E-state index in [-0.39, 0.29) is 17.8 Å². The summed E-state index contributed by atoms with van der Waals surface area (Å²) in [6.45, 7) is 2.05. The maximum atomic E-state index is 5.65. The van der Waals surface area contributed by atoms with Crippen molar-refractivity contribution in [1.82, 2.24) is 0 Å². The Morgan fingerprint density at radius 2 is 1.67 bits per heavy atom. The largest absolute Gasteiger partial charge is 0.147 e. The van der Waals surface area contributed by atoms with E-state index in [1.807, 2.05) is 6.92 Å². The van der Waals surface area contributed by atoms with Crippen LogP contribution in [-0.2, 0) is 0 Å². The van der Waals surface area contributed by atoms with E-state index in [0.29, 0.717) is 0 Å². The molecule has 0 aliphatic carbocycles. The Morgan fingerprint density at radius 1 is 1.22 bits per heavy atom. The molecule has 58 valence electrons. The molecule has 0 aromatic carbocycles. The van der Waals surface area contributed by atoms with Crippen LogP contribution in [0.15, 0.2) is 0 Å². The molecule has 0 N–H and O–H groups in total. The first-order valence-corrected chi connectivity index (χ1v) is 3.91. The highest BCUT2D eigenvalue weighted by atomic mass is 35.5. The molecule has 0 spiro atoms. The van der Waals surface area contributed by atoms with Crippen molar-refractivity contribution in [2.24, 2.45) is 0 Å². The molecule has 0 aliphatic heterocycles. The zero-order valence-electron chi connectivity index (χ0n) is 5.11. The van der Waals surface area contributed by atoms with Gasteiger partial charge in [-0.3, -0.25) is 0 Å². The minimum Gasteiger partial charge on any atom is -0.147 e. The summed E-state index contributed by atoms with van der Waals surface area (Å²) < 4.78 is 0. The zero-order valence-corrected chi connectivity index (χ0v) is 8.20. The third-order valence-electron chi connectivity index (χ3n) is 0.838. The SMILES string of the molecule is CCCC(Cl)C(Cl)Cl.Cl. The fourth-order valence-electron chi connectivity index (χ4n) is 0.402. The summed E-state index contributed by atoms with van der Waals surface area (Å²) in [6, 6.07) is 0. The van der Waals surface area contributed by atoms with Gasteiger partial charge in [-0.15, -0.1) is 47.2 Å². The lowest BCUT2D eigenvalue weighted by molar-refractivity contribution is 0.765. The molecular formula is C5H10Cl4. The molecule has 1 unspecified atom stereocenters. The predicted octanol–water partition coefficient (Wildman–Crippen LogP) is 3.62. The highest BCUT2D eigenvalue weighted by Crippen LogP contribution is 2.18. The molecule has 1 atom stereocenters. The zero-order chi connectivity index (χ0) is 6.57. The lowest BCUT2D eigenvalue weighted by atomic mass is 10.3. The van der Waals surface area contributed by atoms with E-state index < -0.39 is 4.84 Å². The van der Waals surface area contributed by atoms with E-state index in [2.05, 4.69) is 0 Å². The number of halogens is 4. The van der Waals surface area contributed by atoms with Crippen LogP contribution in [0.3, 0.4) is 0 Å². The van der Waals surface area contributed by atoms with Crippen LogP contribution in [-0.4, -0.2) is 10.2 Å². The maximum Gasteiger partial charge on any atom is 0.124 e. The lowest BCUT2D eigenvalue weighted by Gasteiger charge is -2.06. The molecule has 0 radical (unpaired) electrons. The van der Waals surface area contributed by atoms with Gasteiger partial charge in [-0.25, -0.2) is 0 Å². The minimum atomic E-state index is -0.420. The van der Waals surface area contributed by atoms with Crippen LogP contribution in [0, 0.1) is 0 Å².